The first kappa shape index (κ1) is 17.2. The van der Waals surface area contributed by atoms with Gasteiger partial charge >= 0.3 is 0 Å². The summed E-state index contributed by atoms with van der Waals surface area (Å²) in [5.74, 6) is 0.779. The quantitative estimate of drug-likeness (QED) is 0.680. The minimum Gasteiger partial charge on any atom is -0.361 e. The van der Waals surface area contributed by atoms with Crippen LogP contribution in [0.2, 0.25) is 5.02 Å². The Morgan fingerprint density at radius 1 is 1.12 bits per heavy atom. The fourth-order valence-electron chi connectivity index (χ4n) is 3.95. The number of H-pyrrole nitrogens is 1. The maximum atomic E-state index is 12.5. The molecule has 0 radical (unpaired) electrons. The highest BCUT2D eigenvalue weighted by Crippen LogP contribution is 2.34. The van der Waals surface area contributed by atoms with Crippen molar-refractivity contribution in [1.29, 1.82) is 0 Å². The summed E-state index contributed by atoms with van der Waals surface area (Å²) in [4.78, 5) is 17.9. The van der Waals surface area contributed by atoms with Gasteiger partial charge in [-0.3, -0.25) is 4.79 Å². The minimum absolute atomic E-state index is 0.276. The molecule has 3 aromatic rings. The van der Waals surface area contributed by atoms with Gasteiger partial charge in [0.15, 0.2) is 0 Å². The summed E-state index contributed by atoms with van der Waals surface area (Å²) in [6, 6.07) is 16.3. The monoisotopic (exact) mass is 366 g/mol. The number of nitrogens with zero attached hydrogens (tertiary/aromatic N) is 1. The molecule has 0 aliphatic carbocycles. The zero-order valence-electron chi connectivity index (χ0n) is 14.7. The number of likely N-dealkylation sites (tertiary alicyclic amines) is 1. The van der Waals surface area contributed by atoms with Crippen LogP contribution in [0.3, 0.4) is 0 Å². The maximum Gasteiger partial charge on any atom is 0.222 e. The molecule has 0 atom stereocenters. The molecule has 134 valence electrons. The molecule has 0 bridgehead atoms. The van der Waals surface area contributed by atoms with E-state index in [1.807, 2.05) is 35.2 Å². The summed E-state index contributed by atoms with van der Waals surface area (Å²) in [6.45, 7) is 1.69. The zero-order chi connectivity index (χ0) is 17.9. The standard InChI is InChI=1S/C22H23ClN2O/c23-18-7-8-19-20(15-24-21(19)14-18)17-10-12-25(13-11-17)22(26)9-6-16-4-2-1-3-5-16/h1-5,7-8,14-15,17,24H,6,9-13H2. The number of benzene rings is 2. The first-order valence-electron chi connectivity index (χ1n) is 9.29. The first-order valence-corrected chi connectivity index (χ1v) is 9.67. The van der Waals surface area contributed by atoms with E-state index < -0.39 is 0 Å². The molecular weight excluding hydrogens is 344 g/mol. The number of fused-ring (bicyclic) bond motifs is 1. The molecular formula is C22H23ClN2O. The van der Waals surface area contributed by atoms with E-state index in [0.29, 0.717) is 12.3 Å². The normalized spacial score (nSPS) is 15.5. The Bertz CT molecular complexity index is 895. The van der Waals surface area contributed by atoms with Crippen molar-refractivity contribution in [1.82, 2.24) is 9.88 Å². The zero-order valence-corrected chi connectivity index (χ0v) is 15.5. The van der Waals surface area contributed by atoms with E-state index in [1.54, 1.807) is 0 Å². The van der Waals surface area contributed by atoms with Crippen molar-refractivity contribution in [2.75, 3.05) is 13.1 Å². The lowest BCUT2D eigenvalue weighted by atomic mass is 9.89. The van der Waals surface area contributed by atoms with Crippen LogP contribution in [0, 0.1) is 0 Å². The number of hydrogen-bond donors (Lipinski definition) is 1. The second-order valence-corrected chi connectivity index (χ2v) is 7.51. The highest BCUT2D eigenvalue weighted by molar-refractivity contribution is 6.31. The van der Waals surface area contributed by atoms with Crippen LogP contribution in [-0.4, -0.2) is 28.9 Å². The number of amides is 1. The van der Waals surface area contributed by atoms with Crippen molar-refractivity contribution in [3.05, 3.63) is 70.9 Å². The molecule has 1 amide bonds. The van der Waals surface area contributed by atoms with Gasteiger partial charge in [-0.15, -0.1) is 0 Å². The third kappa shape index (κ3) is 3.63. The lowest BCUT2D eigenvalue weighted by molar-refractivity contribution is -0.132. The van der Waals surface area contributed by atoms with E-state index in [9.17, 15) is 4.79 Å². The van der Waals surface area contributed by atoms with E-state index in [0.717, 1.165) is 42.9 Å². The predicted octanol–water partition coefficient (Wildman–Crippen LogP) is 5.16. The number of halogens is 1. The average Bonchev–Trinajstić information content (AvgIpc) is 3.10. The minimum atomic E-state index is 0.276. The van der Waals surface area contributed by atoms with Crippen LogP contribution in [-0.2, 0) is 11.2 Å². The van der Waals surface area contributed by atoms with Crippen LogP contribution < -0.4 is 0 Å². The van der Waals surface area contributed by atoms with Crippen molar-refractivity contribution < 1.29 is 4.79 Å². The van der Waals surface area contributed by atoms with Crippen molar-refractivity contribution in [3.8, 4) is 0 Å². The number of piperidine rings is 1. The summed E-state index contributed by atoms with van der Waals surface area (Å²) < 4.78 is 0. The van der Waals surface area contributed by atoms with Gasteiger partial charge in [0.25, 0.3) is 0 Å². The summed E-state index contributed by atoms with van der Waals surface area (Å²) >= 11 is 6.08. The van der Waals surface area contributed by atoms with Gasteiger partial charge in [-0.05, 0) is 48.4 Å². The molecule has 0 saturated carbocycles. The summed E-state index contributed by atoms with van der Waals surface area (Å²) in [5, 5.41) is 2.01. The van der Waals surface area contributed by atoms with Crippen LogP contribution in [0.4, 0.5) is 0 Å². The van der Waals surface area contributed by atoms with Gasteiger partial charge in [-0.2, -0.15) is 0 Å². The summed E-state index contributed by atoms with van der Waals surface area (Å²) in [5.41, 5.74) is 3.68. The molecule has 1 aliphatic rings. The number of aromatic amines is 1. The fourth-order valence-corrected chi connectivity index (χ4v) is 4.12. The fraction of sp³-hybridized carbons (Fsp3) is 0.318. The number of aryl methyl sites for hydroxylation is 1. The van der Waals surface area contributed by atoms with Gasteiger partial charge in [0.05, 0.1) is 0 Å². The second-order valence-electron chi connectivity index (χ2n) is 7.07. The Labute approximate surface area is 159 Å². The number of rotatable bonds is 4. The van der Waals surface area contributed by atoms with Gasteiger partial charge in [-0.1, -0.05) is 48.0 Å². The Morgan fingerprint density at radius 2 is 1.88 bits per heavy atom. The van der Waals surface area contributed by atoms with Crippen molar-refractivity contribution >= 4 is 28.4 Å². The van der Waals surface area contributed by atoms with Gasteiger partial charge in [0.1, 0.15) is 0 Å². The van der Waals surface area contributed by atoms with Gasteiger partial charge < -0.3 is 9.88 Å². The second kappa shape index (κ2) is 7.55. The van der Waals surface area contributed by atoms with E-state index in [-0.39, 0.29) is 5.91 Å². The summed E-state index contributed by atoms with van der Waals surface area (Å²) in [7, 11) is 0. The molecule has 3 nitrogen and oxygen atoms in total. The Balaban J connectivity index is 1.35. The Hall–Kier alpha value is -2.26. The summed E-state index contributed by atoms with van der Waals surface area (Å²) in [6.07, 6.45) is 5.57. The highest BCUT2D eigenvalue weighted by atomic mass is 35.5. The molecule has 1 saturated heterocycles. The van der Waals surface area contributed by atoms with Crippen molar-refractivity contribution in [2.45, 2.75) is 31.6 Å². The molecule has 2 heterocycles. The molecule has 1 aliphatic heterocycles. The molecule has 1 fully saturated rings. The Morgan fingerprint density at radius 3 is 2.65 bits per heavy atom. The van der Waals surface area contributed by atoms with Gasteiger partial charge in [0.2, 0.25) is 5.91 Å². The molecule has 26 heavy (non-hydrogen) atoms. The maximum absolute atomic E-state index is 12.5. The van der Waals surface area contributed by atoms with Crippen LogP contribution in [0.25, 0.3) is 10.9 Å². The number of hydrogen-bond acceptors (Lipinski definition) is 1. The molecule has 1 N–H and O–H groups in total. The molecule has 1 aromatic heterocycles. The van der Waals surface area contributed by atoms with Crippen molar-refractivity contribution in [3.63, 3.8) is 0 Å². The van der Waals surface area contributed by atoms with E-state index in [1.165, 1.54) is 16.5 Å². The van der Waals surface area contributed by atoms with Crippen LogP contribution in [0.15, 0.2) is 54.7 Å². The topological polar surface area (TPSA) is 36.1 Å². The van der Waals surface area contributed by atoms with Crippen LogP contribution in [0.1, 0.15) is 36.3 Å². The van der Waals surface area contributed by atoms with Gasteiger partial charge in [-0.25, -0.2) is 0 Å². The third-order valence-electron chi connectivity index (χ3n) is 5.43. The smallest absolute Gasteiger partial charge is 0.222 e. The van der Waals surface area contributed by atoms with Crippen LogP contribution >= 0.6 is 11.6 Å². The number of carbonyl (C=O) groups is 1. The van der Waals surface area contributed by atoms with Crippen molar-refractivity contribution in [2.24, 2.45) is 0 Å². The van der Waals surface area contributed by atoms with Gasteiger partial charge in [0, 0.05) is 41.6 Å². The van der Waals surface area contributed by atoms with E-state index in [4.69, 9.17) is 11.6 Å². The highest BCUT2D eigenvalue weighted by Gasteiger charge is 2.25. The van der Waals surface area contributed by atoms with E-state index in [2.05, 4.69) is 29.4 Å². The lowest BCUT2D eigenvalue weighted by Gasteiger charge is -2.32. The third-order valence-corrected chi connectivity index (χ3v) is 5.67. The molecule has 0 spiro atoms. The first-order chi connectivity index (χ1) is 12.7. The lowest BCUT2D eigenvalue weighted by Crippen LogP contribution is -2.38. The molecule has 4 heteroatoms. The average molecular weight is 367 g/mol. The predicted molar refractivity (Wildman–Crippen MR) is 107 cm³/mol. The molecule has 0 unspecified atom stereocenters. The van der Waals surface area contributed by atoms with E-state index >= 15 is 0 Å². The Kier molecular flexibility index (Phi) is 4.98. The number of carbonyl (C=O) groups excluding carboxylic acids is 1. The largest absolute Gasteiger partial charge is 0.361 e. The molecule has 2 aromatic carbocycles. The number of aromatic nitrogens is 1. The number of nitrogens with one attached hydrogen (secondary N) is 1. The SMILES string of the molecule is O=C(CCc1ccccc1)N1CCC(c2c[nH]c3cc(Cl)ccc23)CC1. The molecule has 4 rings (SSSR count). The van der Waals surface area contributed by atoms with Crippen LogP contribution in [0.5, 0.6) is 0 Å².